The monoisotopic (exact) mass is 446 g/mol. The molecular formula is C20H31Lu-. The molecule has 0 aromatic heterocycles. The molecule has 0 spiro atoms. The molecule has 0 bridgehead atoms. The topological polar surface area (TPSA) is 0 Å². The SMILES string of the molecule is CC1=C(C)C(C)(C)[C]([Lu][C]2=C(C)C(C)=C(C)C2(C)C)=C1C.[H-]. The van der Waals surface area contributed by atoms with Crippen molar-refractivity contribution in [3.05, 3.63) is 37.0 Å². The van der Waals surface area contributed by atoms with E-state index in [0.717, 1.165) is 0 Å². The first-order valence-corrected chi connectivity index (χ1v) is 9.41. The summed E-state index contributed by atoms with van der Waals surface area (Å²) in [5.74, 6) is 0. The summed E-state index contributed by atoms with van der Waals surface area (Å²) in [7, 11) is 0. The molecule has 2 aliphatic carbocycles. The Hall–Kier alpha value is 0.194. The molecule has 21 heavy (non-hydrogen) atoms. The summed E-state index contributed by atoms with van der Waals surface area (Å²) in [6, 6.07) is 0. The van der Waals surface area contributed by atoms with Gasteiger partial charge in [-0.05, 0) is 0 Å². The van der Waals surface area contributed by atoms with Gasteiger partial charge in [-0.25, -0.2) is 0 Å². The Labute approximate surface area is 150 Å². The van der Waals surface area contributed by atoms with Crippen LogP contribution in [0.5, 0.6) is 0 Å². The molecule has 0 aromatic carbocycles. The van der Waals surface area contributed by atoms with E-state index in [9.17, 15) is 0 Å². The molecule has 0 radical (unpaired) electrons. The first-order chi connectivity index (χ1) is 9.44. The molecule has 0 aromatic rings. The normalized spacial score (nSPS) is 25.0. The Morgan fingerprint density at radius 3 is 1.05 bits per heavy atom. The van der Waals surface area contributed by atoms with Crippen LogP contribution in [0.2, 0.25) is 0 Å². The van der Waals surface area contributed by atoms with Crippen molar-refractivity contribution < 1.29 is 34.5 Å². The second-order valence-electron chi connectivity index (χ2n) is 7.57. The van der Waals surface area contributed by atoms with Gasteiger partial charge in [0.05, 0.1) is 0 Å². The maximum Gasteiger partial charge on any atom is -1.00 e. The number of rotatable bonds is 2. The van der Waals surface area contributed by atoms with E-state index >= 15 is 0 Å². The zero-order valence-corrected chi connectivity index (χ0v) is 16.9. The maximum absolute atomic E-state index is 2.40. The Morgan fingerprint density at radius 2 is 0.857 bits per heavy atom. The molecule has 0 fully saturated rings. The fraction of sp³-hybridized carbons (Fsp3) is 0.600. The first kappa shape index (κ1) is 17.5. The molecule has 0 saturated heterocycles. The van der Waals surface area contributed by atoms with Gasteiger partial charge in [0.2, 0.25) is 0 Å². The van der Waals surface area contributed by atoms with Crippen molar-refractivity contribution in [3.63, 3.8) is 0 Å². The van der Waals surface area contributed by atoms with E-state index in [-0.39, 0.29) is 12.3 Å². The predicted octanol–water partition coefficient (Wildman–Crippen LogP) is 6.48. The van der Waals surface area contributed by atoms with Gasteiger partial charge in [0.25, 0.3) is 0 Å². The zero-order valence-electron chi connectivity index (χ0n) is 16.3. The van der Waals surface area contributed by atoms with Crippen LogP contribution in [0, 0.1) is 43.9 Å². The van der Waals surface area contributed by atoms with E-state index in [1.807, 2.05) is 0 Å². The number of hydrogen-bond acceptors (Lipinski definition) is 0. The molecule has 0 nitrogen and oxygen atoms in total. The summed E-state index contributed by atoms with van der Waals surface area (Å²) in [4.78, 5) is 0. The van der Waals surface area contributed by atoms with Gasteiger partial charge in [0.15, 0.2) is 0 Å². The Kier molecular flexibility index (Phi) is 4.49. The van der Waals surface area contributed by atoms with Crippen molar-refractivity contribution in [2.75, 3.05) is 0 Å². The maximum atomic E-state index is 2.40. The minimum absolute atomic E-state index is 0. The molecule has 0 saturated carbocycles. The molecular weight excluding hydrogens is 415 g/mol. The average molecular weight is 446 g/mol. The van der Waals surface area contributed by atoms with E-state index in [0.29, 0.717) is 33.0 Å². The number of hydrogen-bond donors (Lipinski definition) is 0. The largest absolute Gasteiger partial charge is 1.00 e. The van der Waals surface area contributed by atoms with Crippen LogP contribution in [0.25, 0.3) is 0 Å². The summed E-state index contributed by atoms with van der Waals surface area (Å²) >= 11 is 0.671. The second kappa shape index (κ2) is 5.38. The molecule has 1 heteroatoms. The fourth-order valence-corrected chi connectivity index (χ4v) is 6.64. The van der Waals surface area contributed by atoms with Crippen LogP contribution in [0.15, 0.2) is 37.0 Å². The second-order valence-corrected chi connectivity index (χ2v) is 9.64. The molecule has 0 heterocycles. The van der Waals surface area contributed by atoms with Crippen LogP contribution in [0.3, 0.4) is 0 Å². The summed E-state index contributed by atoms with van der Waals surface area (Å²) in [6.45, 7) is 23.5. The Morgan fingerprint density at radius 1 is 0.571 bits per heavy atom. The molecule has 0 aliphatic heterocycles. The van der Waals surface area contributed by atoms with Gasteiger partial charge in [0, 0.05) is 0 Å². The molecule has 2 rings (SSSR count). The van der Waals surface area contributed by atoms with Gasteiger partial charge in [-0.1, -0.05) is 0 Å². The third kappa shape index (κ3) is 2.45. The van der Waals surface area contributed by atoms with Crippen LogP contribution in [-0.2, 0) is 0 Å². The minimum Gasteiger partial charge on any atom is -1.00 e. The fourth-order valence-electron chi connectivity index (χ4n) is 3.33. The molecule has 0 unspecified atom stereocenters. The molecule has 0 atom stereocenters. The zero-order chi connectivity index (χ0) is 16.3. The van der Waals surface area contributed by atoms with Crippen molar-refractivity contribution in [3.8, 4) is 0 Å². The third-order valence-electron chi connectivity index (χ3n) is 5.77. The van der Waals surface area contributed by atoms with Gasteiger partial charge in [-0.15, -0.1) is 0 Å². The average Bonchev–Trinajstić information content (AvgIpc) is 2.63. The molecule has 2 aliphatic rings. The summed E-state index contributed by atoms with van der Waals surface area (Å²) in [5.41, 5.74) is 9.69. The van der Waals surface area contributed by atoms with Crippen LogP contribution < -0.4 is 0 Å². The summed E-state index contributed by atoms with van der Waals surface area (Å²) in [6.07, 6.45) is 0. The van der Waals surface area contributed by atoms with E-state index < -0.39 is 0 Å². The van der Waals surface area contributed by atoms with Crippen LogP contribution in [-0.4, -0.2) is 0 Å². The minimum atomic E-state index is 0. The Balaban J connectivity index is 0.00000242. The van der Waals surface area contributed by atoms with Crippen molar-refractivity contribution in [2.45, 2.75) is 69.2 Å². The van der Waals surface area contributed by atoms with Crippen molar-refractivity contribution in [1.82, 2.24) is 0 Å². The van der Waals surface area contributed by atoms with Gasteiger partial charge >= 0.3 is 150 Å². The van der Waals surface area contributed by atoms with Crippen LogP contribution in [0.1, 0.15) is 70.7 Å². The smallest absolute Gasteiger partial charge is 1.00 e. The van der Waals surface area contributed by atoms with E-state index in [4.69, 9.17) is 0 Å². The van der Waals surface area contributed by atoms with E-state index in [2.05, 4.69) is 69.2 Å². The summed E-state index contributed by atoms with van der Waals surface area (Å²) in [5, 5.41) is 0. The molecule has 127 valence electrons. The molecule has 0 amide bonds. The molecule has 0 N–H and O–H groups in total. The standard InChI is InChI=1S/2C10H15.Lu.H/c2*1-7-6-10(4,5)9(3)8(7)2;;/h2*1-5H3;;/q;;;-1. The first-order valence-electron chi connectivity index (χ1n) is 7.76. The van der Waals surface area contributed by atoms with Gasteiger partial charge < -0.3 is 1.43 Å². The quantitative estimate of drug-likeness (QED) is 0.455. The predicted molar refractivity (Wildman–Crippen MR) is 90.8 cm³/mol. The van der Waals surface area contributed by atoms with Crippen molar-refractivity contribution >= 4 is 0 Å². The van der Waals surface area contributed by atoms with Crippen molar-refractivity contribution in [2.24, 2.45) is 10.8 Å². The Bertz CT molecular complexity index is 581. The van der Waals surface area contributed by atoms with E-state index in [1.54, 1.807) is 25.9 Å². The van der Waals surface area contributed by atoms with Gasteiger partial charge in [-0.3, -0.25) is 0 Å². The van der Waals surface area contributed by atoms with E-state index in [1.165, 1.54) is 11.1 Å². The third-order valence-corrected chi connectivity index (χ3v) is 9.91. The van der Waals surface area contributed by atoms with Gasteiger partial charge in [-0.2, -0.15) is 0 Å². The van der Waals surface area contributed by atoms with Crippen LogP contribution >= 0.6 is 0 Å². The summed E-state index contributed by atoms with van der Waals surface area (Å²) < 4.78 is 3.34. The van der Waals surface area contributed by atoms with Gasteiger partial charge in [0.1, 0.15) is 0 Å². The van der Waals surface area contributed by atoms with Crippen LogP contribution in [0.4, 0.5) is 0 Å². The van der Waals surface area contributed by atoms with Crippen molar-refractivity contribution in [1.29, 1.82) is 0 Å². The number of allylic oxidation sites excluding steroid dienone is 8.